The molecular weight excluding hydrogens is 364 g/mol. The maximum absolute atomic E-state index is 11.7. The summed E-state index contributed by atoms with van der Waals surface area (Å²) in [4.78, 5) is 12.8. The molecule has 3 nitrogen and oxygen atoms in total. The minimum Gasteiger partial charge on any atom is -0.507 e. The van der Waals surface area contributed by atoms with Crippen LogP contribution in [0.15, 0.2) is 17.0 Å². The number of carbonyl (C=O) groups excluding carboxylic acids is 1. The molecule has 1 aromatic carbocycles. The number of carbonyl (C=O) groups is 1. The average Bonchev–Trinajstić information content (AvgIpc) is 2.44. The fourth-order valence-electron chi connectivity index (χ4n) is 2.56. The van der Waals surface area contributed by atoms with Gasteiger partial charge in [-0.1, -0.05) is 41.5 Å². The second-order valence-electron chi connectivity index (χ2n) is 8.96. The van der Waals surface area contributed by atoms with Gasteiger partial charge in [0.05, 0.1) is 16.4 Å². The van der Waals surface area contributed by atoms with E-state index in [1.54, 1.807) is 23.5 Å². The van der Waals surface area contributed by atoms with Crippen molar-refractivity contribution in [1.82, 2.24) is 0 Å². The first-order valence-electron chi connectivity index (χ1n) is 9.04. The van der Waals surface area contributed by atoms with Crippen LogP contribution >= 0.6 is 23.5 Å². The highest BCUT2D eigenvalue weighted by Crippen LogP contribution is 2.46. The minimum absolute atomic E-state index is 0.150. The van der Waals surface area contributed by atoms with Crippen molar-refractivity contribution in [2.24, 2.45) is 0 Å². The first kappa shape index (κ1) is 23.2. The molecule has 1 rings (SSSR count). The molecule has 0 saturated heterocycles. The van der Waals surface area contributed by atoms with Gasteiger partial charge in [0.25, 0.3) is 0 Å². The molecule has 0 fully saturated rings. The summed E-state index contributed by atoms with van der Waals surface area (Å²) in [7, 11) is 0. The second-order valence-corrected chi connectivity index (χ2v) is 12.5. The third-order valence-corrected chi connectivity index (χ3v) is 6.55. The summed E-state index contributed by atoms with van der Waals surface area (Å²) in [6.07, 6.45) is 0. The van der Waals surface area contributed by atoms with Gasteiger partial charge in [-0.3, -0.25) is 4.79 Å². The lowest BCUT2D eigenvalue weighted by Gasteiger charge is -2.30. The molecule has 0 unspecified atom stereocenters. The van der Waals surface area contributed by atoms with E-state index in [1.165, 1.54) is 0 Å². The van der Waals surface area contributed by atoms with E-state index >= 15 is 0 Å². The van der Waals surface area contributed by atoms with Crippen LogP contribution in [0, 0.1) is 0 Å². The van der Waals surface area contributed by atoms with Gasteiger partial charge in [0.2, 0.25) is 0 Å². The lowest BCUT2D eigenvalue weighted by molar-refractivity contribution is -0.139. The molecule has 0 atom stereocenters. The van der Waals surface area contributed by atoms with Crippen LogP contribution in [-0.4, -0.2) is 27.5 Å². The smallest absolute Gasteiger partial charge is 0.315 e. The molecule has 0 aromatic heterocycles. The Labute approximate surface area is 167 Å². The van der Waals surface area contributed by atoms with Gasteiger partial charge in [0.15, 0.2) is 0 Å². The number of rotatable bonds is 6. The largest absolute Gasteiger partial charge is 0.507 e. The van der Waals surface area contributed by atoms with Gasteiger partial charge < -0.3 is 9.84 Å². The van der Waals surface area contributed by atoms with Gasteiger partial charge in [-0.15, -0.1) is 23.5 Å². The van der Waals surface area contributed by atoms with E-state index in [0.717, 1.165) is 16.0 Å². The van der Waals surface area contributed by atoms with E-state index in [2.05, 4.69) is 67.5 Å². The Balaban J connectivity index is 3.18. The molecule has 0 aliphatic rings. The SMILES string of the molecule is CCOC(=O)CSC(C)(C)Sc1cc(C(C)(C)C)c(O)c(C(C)(C)C)c1. The van der Waals surface area contributed by atoms with Crippen LogP contribution in [0.1, 0.15) is 73.4 Å². The fraction of sp³-hybridized carbons (Fsp3) is 0.667. The monoisotopic (exact) mass is 398 g/mol. The minimum atomic E-state index is -0.186. The van der Waals surface area contributed by atoms with E-state index in [4.69, 9.17) is 4.74 Å². The van der Waals surface area contributed by atoms with E-state index in [-0.39, 0.29) is 20.9 Å². The molecule has 5 heteroatoms. The van der Waals surface area contributed by atoms with Crippen molar-refractivity contribution in [3.63, 3.8) is 0 Å². The summed E-state index contributed by atoms with van der Waals surface area (Å²) in [5.74, 6) is 0.554. The lowest BCUT2D eigenvalue weighted by atomic mass is 9.79. The molecule has 1 aromatic rings. The summed E-state index contributed by atoms with van der Waals surface area (Å²) < 4.78 is 4.84. The van der Waals surface area contributed by atoms with Crippen molar-refractivity contribution in [3.05, 3.63) is 23.3 Å². The van der Waals surface area contributed by atoms with Gasteiger partial charge >= 0.3 is 5.97 Å². The molecule has 1 N–H and O–H groups in total. The van der Waals surface area contributed by atoms with Crippen molar-refractivity contribution in [1.29, 1.82) is 0 Å². The van der Waals surface area contributed by atoms with Gasteiger partial charge in [-0.25, -0.2) is 0 Å². The maximum atomic E-state index is 11.7. The molecule has 0 radical (unpaired) electrons. The van der Waals surface area contributed by atoms with Crippen molar-refractivity contribution >= 4 is 29.5 Å². The Morgan fingerprint density at radius 3 is 1.85 bits per heavy atom. The third kappa shape index (κ3) is 6.73. The summed E-state index contributed by atoms with van der Waals surface area (Å²) in [6, 6.07) is 4.17. The third-order valence-electron chi connectivity index (χ3n) is 3.91. The van der Waals surface area contributed by atoms with E-state index in [9.17, 15) is 9.90 Å². The van der Waals surface area contributed by atoms with Crippen molar-refractivity contribution in [3.8, 4) is 5.75 Å². The van der Waals surface area contributed by atoms with Crippen LogP contribution in [0.4, 0.5) is 0 Å². The molecule has 0 aliphatic heterocycles. The highest BCUT2D eigenvalue weighted by molar-refractivity contribution is 8.18. The maximum Gasteiger partial charge on any atom is 0.315 e. The molecule has 148 valence electrons. The fourth-order valence-corrected chi connectivity index (χ4v) is 4.73. The molecule has 0 aliphatic carbocycles. The number of esters is 1. The average molecular weight is 399 g/mol. The van der Waals surface area contributed by atoms with E-state index in [0.29, 0.717) is 18.1 Å². The normalized spacial score (nSPS) is 13.0. The van der Waals surface area contributed by atoms with Crippen molar-refractivity contribution in [2.45, 2.75) is 82.1 Å². The topological polar surface area (TPSA) is 46.5 Å². The van der Waals surface area contributed by atoms with Gasteiger partial charge in [0, 0.05) is 16.0 Å². The van der Waals surface area contributed by atoms with E-state index < -0.39 is 0 Å². The molecule has 26 heavy (non-hydrogen) atoms. The van der Waals surface area contributed by atoms with E-state index in [1.807, 2.05) is 6.92 Å². The van der Waals surface area contributed by atoms with Gasteiger partial charge in [-0.2, -0.15) is 0 Å². The zero-order valence-corrected chi connectivity index (χ0v) is 19.3. The second kappa shape index (κ2) is 8.47. The Morgan fingerprint density at radius 1 is 1.00 bits per heavy atom. The van der Waals surface area contributed by atoms with Crippen LogP contribution in [0.25, 0.3) is 0 Å². The quantitative estimate of drug-likeness (QED) is 0.356. The molecular formula is C21H34O3S2. The molecule has 0 heterocycles. The number of aromatic hydroxyl groups is 1. The highest BCUT2D eigenvalue weighted by Gasteiger charge is 2.29. The predicted molar refractivity (Wildman–Crippen MR) is 115 cm³/mol. The first-order valence-corrected chi connectivity index (χ1v) is 10.8. The summed E-state index contributed by atoms with van der Waals surface area (Å²) in [5.41, 5.74) is 1.61. The standard InChI is InChI=1S/C21H34O3S2/c1-10-24-17(22)13-25-21(8,9)26-14-11-15(19(2,3)4)18(23)16(12-14)20(5,6)7/h11-12,23H,10,13H2,1-9H3. The van der Waals surface area contributed by atoms with Crippen LogP contribution in [0.5, 0.6) is 5.75 Å². The Bertz CT molecular complexity index is 603. The molecule has 0 amide bonds. The van der Waals surface area contributed by atoms with Crippen LogP contribution in [-0.2, 0) is 20.4 Å². The Hall–Kier alpha value is -0.810. The Morgan fingerprint density at radius 2 is 1.46 bits per heavy atom. The zero-order chi connectivity index (χ0) is 20.3. The number of thioether (sulfide) groups is 2. The summed E-state index contributed by atoms with van der Waals surface area (Å²) in [5, 5.41) is 10.8. The Kier molecular flexibility index (Phi) is 7.57. The zero-order valence-electron chi connectivity index (χ0n) is 17.6. The first-order chi connectivity index (χ1) is 11.7. The number of benzene rings is 1. The number of ether oxygens (including phenoxy) is 1. The number of phenols is 1. The predicted octanol–water partition coefficient (Wildman–Crippen LogP) is 6.11. The number of hydrogen-bond acceptors (Lipinski definition) is 5. The lowest BCUT2D eigenvalue weighted by Crippen LogP contribution is -2.18. The molecule has 0 spiro atoms. The van der Waals surface area contributed by atoms with Crippen molar-refractivity contribution in [2.75, 3.05) is 12.4 Å². The van der Waals surface area contributed by atoms with Crippen molar-refractivity contribution < 1.29 is 14.6 Å². The van der Waals surface area contributed by atoms with Crippen LogP contribution < -0.4 is 0 Å². The molecule has 0 bridgehead atoms. The van der Waals surface area contributed by atoms with Crippen LogP contribution in [0.3, 0.4) is 0 Å². The summed E-state index contributed by atoms with van der Waals surface area (Å²) >= 11 is 3.30. The highest BCUT2D eigenvalue weighted by atomic mass is 32.2. The molecule has 0 saturated carbocycles. The number of hydrogen-bond donors (Lipinski definition) is 1. The number of phenolic OH excluding ortho intramolecular Hbond substituents is 1. The van der Waals surface area contributed by atoms with Gasteiger partial charge in [0.1, 0.15) is 5.75 Å². The van der Waals surface area contributed by atoms with Gasteiger partial charge in [-0.05, 0) is 43.7 Å². The van der Waals surface area contributed by atoms with Crippen LogP contribution in [0.2, 0.25) is 0 Å². The summed E-state index contributed by atoms with van der Waals surface area (Å²) in [6.45, 7) is 19.1.